The number of aryl methyl sites for hydroxylation is 1. The summed E-state index contributed by atoms with van der Waals surface area (Å²) in [4.78, 5) is 0. The van der Waals surface area contributed by atoms with Gasteiger partial charge in [0.2, 0.25) is 0 Å². The summed E-state index contributed by atoms with van der Waals surface area (Å²) in [6, 6.07) is 9.97. The maximum absolute atomic E-state index is 5.18. The van der Waals surface area contributed by atoms with Crippen molar-refractivity contribution in [3.8, 4) is 17.0 Å². The van der Waals surface area contributed by atoms with Gasteiger partial charge < -0.3 is 10.1 Å². The highest BCUT2D eigenvalue weighted by molar-refractivity contribution is 5.60. The second kappa shape index (κ2) is 7.31. The van der Waals surface area contributed by atoms with Gasteiger partial charge >= 0.3 is 0 Å². The van der Waals surface area contributed by atoms with Gasteiger partial charge in [0.05, 0.1) is 19.0 Å². The van der Waals surface area contributed by atoms with Crippen LogP contribution in [0.4, 0.5) is 0 Å². The first-order valence-corrected chi connectivity index (χ1v) is 8.12. The van der Waals surface area contributed by atoms with Gasteiger partial charge in [0.1, 0.15) is 5.75 Å². The maximum Gasteiger partial charge on any atom is 0.118 e. The van der Waals surface area contributed by atoms with Crippen LogP contribution in [-0.4, -0.2) is 27.1 Å². The summed E-state index contributed by atoms with van der Waals surface area (Å²) in [5, 5.41) is 15.3. The van der Waals surface area contributed by atoms with E-state index in [2.05, 4.69) is 40.5 Å². The molecule has 0 aliphatic heterocycles. The van der Waals surface area contributed by atoms with Crippen LogP contribution in [0.15, 0.2) is 36.5 Å². The van der Waals surface area contributed by atoms with Gasteiger partial charge in [-0.25, -0.2) is 0 Å². The van der Waals surface area contributed by atoms with Gasteiger partial charge in [0.15, 0.2) is 0 Å². The van der Waals surface area contributed by atoms with Crippen molar-refractivity contribution in [3.05, 3.63) is 53.5 Å². The topological polar surface area (TPSA) is 67.8 Å². The zero-order valence-electron chi connectivity index (χ0n) is 14.3. The fraction of sp³-hybridized carbons (Fsp3) is 0.333. The number of ether oxygens (including phenoxy) is 1. The third kappa shape index (κ3) is 3.49. The molecule has 3 rings (SSSR count). The van der Waals surface area contributed by atoms with Crippen molar-refractivity contribution in [1.82, 2.24) is 25.3 Å². The Kier molecular flexibility index (Phi) is 4.96. The van der Waals surface area contributed by atoms with Gasteiger partial charge in [0, 0.05) is 42.1 Å². The molecule has 0 aliphatic rings. The molecule has 0 fully saturated rings. The number of hydrogen-bond acceptors (Lipinski definition) is 4. The minimum Gasteiger partial charge on any atom is -0.497 e. The quantitative estimate of drug-likeness (QED) is 0.701. The normalized spacial score (nSPS) is 11.0. The van der Waals surface area contributed by atoms with E-state index in [-0.39, 0.29) is 0 Å². The van der Waals surface area contributed by atoms with Crippen LogP contribution in [0.25, 0.3) is 11.3 Å². The molecule has 2 aromatic heterocycles. The number of H-pyrrole nitrogens is 1. The predicted molar refractivity (Wildman–Crippen MR) is 93.8 cm³/mol. The zero-order chi connectivity index (χ0) is 16.9. The molecule has 0 saturated heterocycles. The van der Waals surface area contributed by atoms with Crippen molar-refractivity contribution < 1.29 is 4.74 Å². The summed E-state index contributed by atoms with van der Waals surface area (Å²) in [7, 11) is 1.67. The fourth-order valence-electron chi connectivity index (χ4n) is 2.67. The smallest absolute Gasteiger partial charge is 0.118 e. The lowest BCUT2D eigenvalue weighted by Gasteiger charge is -2.04. The van der Waals surface area contributed by atoms with E-state index in [9.17, 15) is 0 Å². The lowest BCUT2D eigenvalue weighted by molar-refractivity contribution is 0.415. The van der Waals surface area contributed by atoms with Crippen molar-refractivity contribution in [2.75, 3.05) is 7.11 Å². The highest BCUT2D eigenvalue weighted by Crippen LogP contribution is 2.21. The molecule has 1 aromatic carbocycles. The molecule has 0 spiro atoms. The van der Waals surface area contributed by atoms with Crippen molar-refractivity contribution in [1.29, 1.82) is 0 Å². The average Bonchev–Trinajstić information content (AvgIpc) is 3.22. The number of hydrogen-bond donors (Lipinski definition) is 2. The first-order valence-electron chi connectivity index (χ1n) is 8.12. The van der Waals surface area contributed by atoms with Crippen LogP contribution in [0.5, 0.6) is 5.75 Å². The van der Waals surface area contributed by atoms with Crippen molar-refractivity contribution >= 4 is 0 Å². The second-order valence-corrected chi connectivity index (χ2v) is 5.68. The van der Waals surface area contributed by atoms with Gasteiger partial charge in [-0.2, -0.15) is 10.2 Å². The van der Waals surface area contributed by atoms with Gasteiger partial charge in [-0.3, -0.25) is 9.78 Å². The van der Waals surface area contributed by atoms with Crippen LogP contribution in [0.3, 0.4) is 0 Å². The maximum atomic E-state index is 5.18. The number of rotatable bonds is 7. The molecule has 6 nitrogen and oxygen atoms in total. The summed E-state index contributed by atoms with van der Waals surface area (Å²) >= 11 is 0. The van der Waals surface area contributed by atoms with E-state index in [1.807, 2.05) is 35.1 Å². The molecule has 2 heterocycles. The summed E-state index contributed by atoms with van der Waals surface area (Å²) < 4.78 is 7.19. The highest BCUT2D eigenvalue weighted by Gasteiger charge is 2.07. The van der Waals surface area contributed by atoms with E-state index in [1.54, 1.807) is 7.11 Å². The second-order valence-electron chi connectivity index (χ2n) is 5.68. The fourth-order valence-corrected chi connectivity index (χ4v) is 2.67. The molecule has 0 radical (unpaired) electrons. The molecular weight excluding hydrogens is 302 g/mol. The first kappa shape index (κ1) is 16.3. The predicted octanol–water partition coefficient (Wildman–Crippen LogP) is 2.90. The molecule has 0 aliphatic carbocycles. The van der Waals surface area contributed by atoms with Gasteiger partial charge in [0.25, 0.3) is 0 Å². The SMILES string of the molecule is CCn1ncc(CNCc2cc(-c3ccc(OC)cc3)n[nH]2)c1C. The van der Waals surface area contributed by atoms with Crippen LogP contribution < -0.4 is 10.1 Å². The third-order valence-electron chi connectivity index (χ3n) is 4.15. The van der Waals surface area contributed by atoms with Crippen molar-refractivity contribution in [3.63, 3.8) is 0 Å². The van der Waals surface area contributed by atoms with Crippen LogP contribution >= 0.6 is 0 Å². The average molecular weight is 325 g/mol. The molecule has 3 aromatic rings. The lowest BCUT2D eigenvalue weighted by Crippen LogP contribution is -2.13. The number of aromatic nitrogens is 4. The van der Waals surface area contributed by atoms with Gasteiger partial charge in [-0.1, -0.05) is 0 Å². The van der Waals surface area contributed by atoms with Crippen molar-refractivity contribution in [2.24, 2.45) is 0 Å². The number of methoxy groups -OCH3 is 1. The Balaban J connectivity index is 1.58. The Bertz CT molecular complexity index is 788. The molecule has 24 heavy (non-hydrogen) atoms. The minimum absolute atomic E-state index is 0.736. The summed E-state index contributed by atoms with van der Waals surface area (Å²) in [6.07, 6.45) is 1.93. The standard InChI is InChI=1S/C18H23N5O/c1-4-23-13(2)15(11-20-23)10-19-12-16-9-18(22-21-16)14-5-7-17(24-3)8-6-14/h5-9,11,19H,4,10,12H2,1-3H3,(H,21,22). The largest absolute Gasteiger partial charge is 0.497 e. The van der Waals surface area contributed by atoms with Crippen LogP contribution in [0, 0.1) is 6.92 Å². The van der Waals surface area contributed by atoms with E-state index in [1.165, 1.54) is 11.3 Å². The molecule has 126 valence electrons. The minimum atomic E-state index is 0.736. The number of nitrogens with one attached hydrogen (secondary N) is 2. The molecule has 6 heteroatoms. The monoisotopic (exact) mass is 325 g/mol. The van der Waals surface area contributed by atoms with E-state index in [4.69, 9.17) is 4.74 Å². The van der Waals surface area contributed by atoms with Crippen LogP contribution in [0.1, 0.15) is 23.9 Å². The molecule has 0 bridgehead atoms. The summed E-state index contributed by atoms with van der Waals surface area (Å²) in [5.74, 6) is 0.846. The Hall–Kier alpha value is -2.60. The van der Waals surface area contributed by atoms with Gasteiger partial charge in [-0.05, 0) is 44.2 Å². The summed E-state index contributed by atoms with van der Waals surface area (Å²) in [6.45, 7) is 6.63. The van der Waals surface area contributed by atoms with E-state index >= 15 is 0 Å². The number of nitrogens with zero attached hydrogens (tertiary/aromatic N) is 3. The first-order chi connectivity index (χ1) is 11.7. The number of aromatic amines is 1. The third-order valence-corrected chi connectivity index (χ3v) is 4.15. The molecule has 2 N–H and O–H groups in total. The Morgan fingerprint density at radius 2 is 2.00 bits per heavy atom. The Morgan fingerprint density at radius 3 is 2.67 bits per heavy atom. The van der Waals surface area contributed by atoms with Crippen LogP contribution in [0.2, 0.25) is 0 Å². The van der Waals surface area contributed by atoms with Crippen molar-refractivity contribution in [2.45, 2.75) is 33.5 Å². The molecule has 0 amide bonds. The van der Waals surface area contributed by atoms with E-state index in [0.29, 0.717) is 0 Å². The molecule has 0 atom stereocenters. The highest BCUT2D eigenvalue weighted by atomic mass is 16.5. The Labute approximate surface area is 141 Å². The Morgan fingerprint density at radius 1 is 1.21 bits per heavy atom. The lowest BCUT2D eigenvalue weighted by atomic mass is 10.1. The molecule has 0 saturated carbocycles. The number of benzene rings is 1. The van der Waals surface area contributed by atoms with E-state index < -0.39 is 0 Å². The molecular formula is C18H23N5O. The van der Waals surface area contributed by atoms with E-state index in [0.717, 1.165) is 42.3 Å². The zero-order valence-corrected chi connectivity index (χ0v) is 14.3. The van der Waals surface area contributed by atoms with Gasteiger partial charge in [-0.15, -0.1) is 0 Å². The van der Waals surface area contributed by atoms with Crippen LogP contribution in [-0.2, 0) is 19.6 Å². The summed E-state index contributed by atoms with van der Waals surface area (Å²) in [5.41, 5.74) is 5.50. The molecule has 0 unspecified atom stereocenters.